The molecule has 0 aliphatic carbocycles. The minimum absolute atomic E-state index is 0.112. The fraction of sp³-hybridized carbons (Fsp3) is 1.00. The quantitative estimate of drug-likeness (QED) is 0.306. The molecule has 4 atom stereocenters. The van der Waals surface area contributed by atoms with Crippen LogP contribution in [0.15, 0.2) is 5.11 Å². The Labute approximate surface area is 81.6 Å². The van der Waals surface area contributed by atoms with Gasteiger partial charge in [0.1, 0.15) is 5.56 Å². The Morgan fingerprint density at radius 3 is 3.00 bits per heavy atom. The monoisotopic (exact) mass is 205 g/mol. The van der Waals surface area contributed by atoms with Crippen LogP contribution in [0, 0.1) is 0 Å². The molecule has 0 saturated carbocycles. The summed E-state index contributed by atoms with van der Waals surface area (Å²) in [6, 6.07) is -0.220. The maximum absolute atomic E-state index is 8.30. The van der Waals surface area contributed by atoms with E-state index in [-0.39, 0.29) is 23.8 Å². The van der Waals surface area contributed by atoms with Crippen LogP contribution in [0.3, 0.4) is 0 Å². The molecule has 6 heteroatoms. The second-order valence-corrected chi connectivity index (χ2v) is 3.45. The number of halogens is 1. The van der Waals surface area contributed by atoms with Crippen LogP contribution in [0.5, 0.6) is 0 Å². The standard InChI is InChI=1S/C7H12ClN3O2/c1-4(12-2)7-5(10-11-9)3-6(8)13-7/h4-7H,3H2,1-2H3. The molecular weight excluding hydrogens is 194 g/mol. The highest BCUT2D eigenvalue weighted by Crippen LogP contribution is 2.28. The molecule has 0 radical (unpaired) electrons. The van der Waals surface area contributed by atoms with E-state index < -0.39 is 0 Å². The van der Waals surface area contributed by atoms with Crippen molar-refractivity contribution in [2.45, 2.75) is 37.2 Å². The van der Waals surface area contributed by atoms with Gasteiger partial charge in [-0.15, -0.1) is 0 Å². The van der Waals surface area contributed by atoms with Crippen LogP contribution in [0.25, 0.3) is 10.4 Å². The van der Waals surface area contributed by atoms with Gasteiger partial charge in [0.05, 0.1) is 18.2 Å². The fourth-order valence-electron chi connectivity index (χ4n) is 1.38. The maximum atomic E-state index is 8.30. The first kappa shape index (κ1) is 10.6. The zero-order valence-electron chi connectivity index (χ0n) is 7.55. The van der Waals surface area contributed by atoms with E-state index in [1.54, 1.807) is 7.11 Å². The van der Waals surface area contributed by atoms with Crippen molar-refractivity contribution in [3.63, 3.8) is 0 Å². The molecule has 0 amide bonds. The lowest BCUT2D eigenvalue weighted by Crippen LogP contribution is -2.32. The third-order valence-electron chi connectivity index (χ3n) is 2.15. The topological polar surface area (TPSA) is 67.2 Å². The van der Waals surface area contributed by atoms with Crippen molar-refractivity contribution in [3.05, 3.63) is 10.4 Å². The highest BCUT2D eigenvalue weighted by Gasteiger charge is 2.37. The largest absolute Gasteiger partial charge is 0.379 e. The van der Waals surface area contributed by atoms with E-state index in [4.69, 9.17) is 26.6 Å². The van der Waals surface area contributed by atoms with Crippen molar-refractivity contribution in [2.75, 3.05) is 7.11 Å². The molecule has 5 nitrogen and oxygen atoms in total. The van der Waals surface area contributed by atoms with Gasteiger partial charge in [-0.05, 0) is 18.9 Å². The summed E-state index contributed by atoms with van der Waals surface area (Å²) in [5.41, 5.74) is 7.93. The highest BCUT2D eigenvalue weighted by atomic mass is 35.5. The molecule has 0 N–H and O–H groups in total. The number of hydrogen-bond donors (Lipinski definition) is 0. The average Bonchev–Trinajstić information content (AvgIpc) is 2.46. The number of ether oxygens (including phenoxy) is 2. The Bertz CT molecular complexity index is 220. The summed E-state index contributed by atoms with van der Waals surface area (Å²) < 4.78 is 10.4. The van der Waals surface area contributed by atoms with Gasteiger partial charge in [0.2, 0.25) is 0 Å². The zero-order chi connectivity index (χ0) is 9.84. The molecule has 74 valence electrons. The van der Waals surface area contributed by atoms with E-state index in [9.17, 15) is 0 Å². The van der Waals surface area contributed by atoms with Crippen LogP contribution in [-0.4, -0.2) is 30.9 Å². The summed E-state index contributed by atoms with van der Waals surface area (Å²) in [6.45, 7) is 1.86. The smallest absolute Gasteiger partial charge is 0.132 e. The molecule has 0 spiro atoms. The molecule has 4 unspecified atom stereocenters. The van der Waals surface area contributed by atoms with Crippen LogP contribution in [-0.2, 0) is 9.47 Å². The van der Waals surface area contributed by atoms with Gasteiger partial charge < -0.3 is 9.47 Å². The van der Waals surface area contributed by atoms with E-state index in [0.29, 0.717) is 6.42 Å². The van der Waals surface area contributed by atoms with E-state index in [1.807, 2.05) is 6.92 Å². The predicted octanol–water partition coefficient (Wildman–Crippen LogP) is 2.05. The molecule has 1 aliphatic heterocycles. The second-order valence-electron chi connectivity index (χ2n) is 2.96. The van der Waals surface area contributed by atoms with Crippen LogP contribution in [0.1, 0.15) is 13.3 Å². The van der Waals surface area contributed by atoms with Gasteiger partial charge >= 0.3 is 0 Å². The molecule has 0 aromatic carbocycles. The minimum Gasteiger partial charge on any atom is -0.379 e. The van der Waals surface area contributed by atoms with E-state index >= 15 is 0 Å². The molecule has 1 heterocycles. The summed E-state index contributed by atoms with van der Waals surface area (Å²) in [6.07, 6.45) is 0.201. The summed E-state index contributed by atoms with van der Waals surface area (Å²) in [5.74, 6) is 0. The number of rotatable bonds is 3. The van der Waals surface area contributed by atoms with Gasteiger partial charge in [0, 0.05) is 12.0 Å². The molecule has 1 fully saturated rings. The lowest BCUT2D eigenvalue weighted by atomic mass is 10.1. The van der Waals surface area contributed by atoms with Gasteiger partial charge in [0.15, 0.2) is 0 Å². The zero-order valence-corrected chi connectivity index (χ0v) is 8.31. The number of alkyl halides is 1. The van der Waals surface area contributed by atoms with Crippen LogP contribution in [0.4, 0.5) is 0 Å². The van der Waals surface area contributed by atoms with E-state index in [1.165, 1.54) is 0 Å². The maximum Gasteiger partial charge on any atom is 0.132 e. The summed E-state index contributed by atoms with van der Waals surface area (Å²) in [4.78, 5) is 2.75. The molecule has 13 heavy (non-hydrogen) atoms. The van der Waals surface area contributed by atoms with Gasteiger partial charge in [-0.3, -0.25) is 0 Å². The number of nitrogens with zero attached hydrogens (tertiary/aromatic N) is 3. The summed E-state index contributed by atoms with van der Waals surface area (Å²) in [5, 5.41) is 3.62. The minimum atomic E-state index is -0.377. The lowest BCUT2D eigenvalue weighted by molar-refractivity contribution is -0.0301. The number of hydrogen-bond acceptors (Lipinski definition) is 3. The van der Waals surface area contributed by atoms with Crippen LogP contribution >= 0.6 is 11.6 Å². The van der Waals surface area contributed by atoms with Crippen molar-refractivity contribution < 1.29 is 9.47 Å². The van der Waals surface area contributed by atoms with E-state index in [0.717, 1.165) is 0 Å². The van der Waals surface area contributed by atoms with Gasteiger partial charge in [-0.2, -0.15) is 0 Å². The molecule has 1 rings (SSSR count). The second kappa shape index (κ2) is 4.67. The molecule has 0 aromatic heterocycles. The molecule has 0 aromatic rings. The van der Waals surface area contributed by atoms with Crippen molar-refractivity contribution in [3.8, 4) is 0 Å². The van der Waals surface area contributed by atoms with E-state index in [2.05, 4.69) is 10.0 Å². The van der Waals surface area contributed by atoms with Gasteiger partial charge in [-0.1, -0.05) is 16.7 Å². The predicted molar refractivity (Wildman–Crippen MR) is 48.5 cm³/mol. The summed E-state index contributed by atoms with van der Waals surface area (Å²) >= 11 is 5.78. The third-order valence-corrected chi connectivity index (χ3v) is 2.43. The van der Waals surface area contributed by atoms with Gasteiger partial charge in [-0.25, -0.2) is 0 Å². The average molecular weight is 206 g/mol. The highest BCUT2D eigenvalue weighted by molar-refractivity contribution is 6.19. The first-order valence-electron chi connectivity index (χ1n) is 4.05. The normalized spacial score (nSPS) is 35.5. The first-order chi connectivity index (χ1) is 6.19. The Kier molecular flexibility index (Phi) is 3.81. The van der Waals surface area contributed by atoms with Crippen molar-refractivity contribution in [1.29, 1.82) is 0 Å². The Morgan fingerprint density at radius 1 is 1.77 bits per heavy atom. The van der Waals surface area contributed by atoms with Crippen molar-refractivity contribution in [1.82, 2.24) is 0 Å². The lowest BCUT2D eigenvalue weighted by Gasteiger charge is -2.20. The Balaban J connectivity index is 2.65. The van der Waals surface area contributed by atoms with Crippen molar-refractivity contribution in [2.24, 2.45) is 5.11 Å². The Morgan fingerprint density at radius 2 is 2.46 bits per heavy atom. The molecule has 1 saturated heterocycles. The Hall–Kier alpha value is -0.480. The summed E-state index contributed by atoms with van der Waals surface area (Å²) in [7, 11) is 1.59. The third kappa shape index (κ3) is 2.48. The molecule has 1 aliphatic rings. The number of azide groups is 1. The SMILES string of the molecule is COC(C)C1OC(Cl)CC1N=[N+]=[N-]. The van der Waals surface area contributed by atoms with Crippen molar-refractivity contribution >= 4 is 11.6 Å². The first-order valence-corrected chi connectivity index (χ1v) is 4.49. The van der Waals surface area contributed by atoms with Crippen LogP contribution < -0.4 is 0 Å². The van der Waals surface area contributed by atoms with Crippen LogP contribution in [0.2, 0.25) is 0 Å². The molecule has 0 bridgehead atoms. The van der Waals surface area contributed by atoms with Gasteiger partial charge in [0.25, 0.3) is 0 Å². The fourth-order valence-corrected chi connectivity index (χ4v) is 1.68. The number of methoxy groups -OCH3 is 1. The molecular formula is C7H12ClN3O2.